The highest BCUT2D eigenvalue weighted by Gasteiger charge is 2.15. The largest absolute Gasteiger partial charge is 0.468 e. The Kier molecular flexibility index (Phi) is 3.64. The van der Waals surface area contributed by atoms with E-state index in [9.17, 15) is 4.79 Å². The van der Waals surface area contributed by atoms with Crippen LogP contribution in [0.15, 0.2) is 18.7 Å². The summed E-state index contributed by atoms with van der Waals surface area (Å²) in [5.74, 6) is -0.439. The summed E-state index contributed by atoms with van der Waals surface area (Å²) in [6.07, 6.45) is 5.04. The molecular weight excluding hydrogens is 192 g/mol. The van der Waals surface area contributed by atoms with E-state index in [-0.39, 0.29) is 0 Å². The summed E-state index contributed by atoms with van der Waals surface area (Å²) in [5, 5.41) is -0.670. The lowest BCUT2D eigenvalue weighted by atomic mass is 10.2. The predicted octanol–water partition coefficient (Wildman–Crippen LogP) is 0.799. The van der Waals surface area contributed by atoms with Crippen LogP contribution >= 0.6 is 11.6 Å². The monoisotopic (exact) mass is 200 g/mol. The van der Waals surface area contributed by atoms with Gasteiger partial charge in [0.1, 0.15) is 11.7 Å². The van der Waals surface area contributed by atoms with Gasteiger partial charge in [-0.2, -0.15) is 0 Å². The van der Waals surface area contributed by atoms with Gasteiger partial charge >= 0.3 is 5.97 Å². The Morgan fingerprint density at radius 1 is 1.62 bits per heavy atom. The highest BCUT2D eigenvalue weighted by atomic mass is 35.5. The molecule has 1 atom stereocenters. The molecule has 0 radical (unpaired) electrons. The number of carbonyl (C=O) groups is 1. The SMILES string of the molecule is COC(=O)C(Cl)Cc1cncnc1. The topological polar surface area (TPSA) is 52.1 Å². The summed E-state index contributed by atoms with van der Waals surface area (Å²) in [4.78, 5) is 18.5. The summed E-state index contributed by atoms with van der Waals surface area (Å²) in [6, 6.07) is 0. The molecule has 0 bridgehead atoms. The molecule has 1 unspecified atom stereocenters. The van der Waals surface area contributed by atoms with Gasteiger partial charge in [-0.25, -0.2) is 9.97 Å². The molecule has 1 heterocycles. The number of hydrogen-bond acceptors (Lipinski definition) is 4. The van der Waals surface area contributed by atoms with Crippen molar-refractivity contribution in [3.8, 4) is 0 Å². The van der Waals surface area contributed by atoms with Gasteiger partial charge in [-0.15, -0.1) is 11.6 Å². The Hall–Kier alpha value is -1.16. The van der Waals surface area contributed by atoms with E-state index in [1.165, 1.54) is 13.4 Å². The van der Waals surface area contributed by atoms with Gasteiger partial charge in [0, 0.05) is 18.8 Å². The molecule has 5 heteroatoms. The van der Waals surface area contributed by atoms with Crippen LogP contribution in [0.25, 0.3) is 0 Å². The van der Waals surface area contributed by atoms with Crippen molar-refractivity contribution >= 4 is 17.6 Å². The van der Waals surface area contributed by atoms with Crippen molar-refractivity contribution in [3.63, 3.8) is 0 Å². The van der Waals surface area contributed by atoms with Crippen LogP contribution in [0, 0.1) is 0 Å². The molecule has 0 saturated carbocycles. The quantitative estimate of drug-likeness (QED) is 0.535. The van der Waals surface area contributed by atoms with Crippen molar-refractivity contribution in [2.24, 2.45) is 0 Å². The van der Waals surface area contributed by atoms with Crippen LogP contribution in [0.1, 0.15) is 5.56 Å². The van der Waals surface area contributed by atoms with E-state index in [4.69, 9.17) is 11.6 Å². The predicted molar refractivity (Wildman–Crippen MR) is 47.4 cm³/mol. The minimum Gasteiger partial charge on any atom is -0.468 e. The Morgan fingerprint density at radius 2 is 2.23 bits per heavy atom. The summed E-state index contributed by atoms with van der Waals surface area (Å²) in [6.45, 7) is 0. The molecule has 70 valence electrons. The van der Waals surface area contributed by atoms with Crippen molar-refractivity contribution in [1.29, 1.82) is 0 Å². The second kappa shape index (κ2) is 4.77. The number of methoxy groups -OCH3 is 1. The minimum atomic E-state index is -0.670. The zero-order valence-electron chi connectivity index (χ0n) is 7.11. The van der Waals surface area contributed by atoms with E-state index in [2.05, 4.69) is 14.7 Å². The molecule has 0 spiro atoms. The fourth-order valence-electron chi connectivity index (χ4n) is 0.854. The molecule has 0 fully saturated rings. The van der Waals surface area contributed by atoms with Crippen LogP contribution < -0.4 is 0 Å². The highest BCUT2D eigenvalue weighted by molar-refractivity contribution is 6.30. The van der Waals surface area contributed by atoms with Crippen LogP contribution in [0.2, 0.25) is 0 Å². The number of aromatic nitrogens is 2. The lowest BCUT2D eigenvalue weighted by molar-refractivity contribution is -0.140. The van der Waals surface area contributed by atoms with E-state index in [0.29, 0.717) is 6.42 Å². The van der Waals surface area contributed by atoms with Crippen LogP contribution in [-0.4, -0.2) is 28.4 Å². The van der Waals surface area contributed by atoms with E-state index in [0.717, 1.165) is 5.56 Å². The van der Waals surface area contributed by atoms with E-state index in [1.807, 2.05) is 0 Å². The molecule has 0 N–H and O–H groups in total. The molecule has 1 aromatic rings. The third-order valence-electron chi connectivity index (χ3n) is 1.49. The third-order valence-corrected chi connectivity index (χ3v) is 1.82. The number of halogens is 1. The number of hydrogen-bond donors (Lipinski definition) is 0. The maximum Gasteiger partial charge on any atom is 0.324 e. The second-order valence-electron chi connectivity index (χ2n) is 2.44. The molecule has 0 saturated heterocycles. The lowest BCUT2D eigenvalue weighted by Gasteiger charge is -2.05. The first-order valence-electron chi connectivity index (χ1n) is 3.70. The molecule has 0 aliphatic heterocycles. The number of ether oxygens (including phenoxy) is 1. The molecule has 0 amide bonds. The van der Waals surface area contributed by atoms with Gasteiger partial charge in [0.25, 0.3) is 0 Å². The maximum absolute atomic E-state index is 10.9. The van der Waals surface area contributed by atoms with Crippen molar-refractivity contribution in [2.75, 3.05) is 7.11 Å². The van der Waals surface area contributed by atoms with Gasteiger partial charge in [0.15, 0.2) is 0 Å². The molecule has 0 aliphatic rings. The molecule has 0 aromatic carbocycles. The van der Waals surface area contributed by atoms with E-state index in [1.54, 1.807) is 12.4 Å². The number of alkyl halides is 1. The Morgan fingerprint density at radius 3 is 2.77 bits per heavy atom. The van der Waals surface area contributed by atoms with Crippen molar-refractivity contribution in [1.82, 2.24) is 9.97 Å². The number of rotatable bonds is 3. The average Bonchev–Trinajstić information content (AvgIpc) is 2.18. The number of nitrogens with zero attached hydrogens (tertiary/aromatic N) is 2. The second-order valence-corrected chi connectivity index (χ2v) is 2.97. The van der Waals surface area contributed by atoms with Gasteiger partial charge in [0.2, 0.25) is 0 Å². The summed E-state index contributed by atoms with van der Waals surface area (Å²) < 4.78 is 4.47. The van der Waals surface area contributed by atoms with Crippen molar-refractivity contribution in [2.45, 2.75) is 11.8 Å². The molecule has 1 rings (SSSR count). The highest BCUT2D eigenvalue weighted by Crippen LogP contribution is 2.07. The van der Waals surface area contributed by atoms with Gasteiger partial charge in [-0.3, -0.25) is 4.79 Å². The summed E-state index contributed by atoms with van der Waals surface area (Å²) in [7, 11) is 1.30. The molecule has 4 nitrogen and oxygen atoms in total. The standard InChI is InChI=1S/C8H9ClN2O2/c1-13-8(12)7(9)2-6-3-10-5-11-4-6/h3-5,7H,2H2,1H3. The lowest BCUT2D eigenvalue weighted by Crippen LogP contribution is -2.18. The van der Waals surface area contributed by atoms with Gasteiger partial charge in [0.05, 0.1) is 7.11 Å². The number of carbonyl (C=O) groups excluding carboxylic acids is 1. The molecule has 0 aliphatic carbocycles. The van der Waals surface area contributed by atoms with Crippen LogP contribution in [0.5, 0.6) is 0 Å². The fourth-order valence-corrected chi connectivity index (χ4v) is 1.12. The molecule has 13 heavy (non-hydrogen) atoms. The van der Waals surface area contributed by atoms with Crippen molar-refractivity contribution < 1.29 is 9.53 Å². The van der Waals surface area contributed by atoms with Gasteiger partial charge in [-0.1, -0.05) is 0 Å². The fraction of sp³-hybridized carbons (Fsp3) is 0.375. The first-order chi connectivity index (χ1) is 6.24. The first kappa shape index (κ1) is 9.92. The zero-order chi connectivity index (χ0) is 9.68. The Bertz CT molecular complexity index is 279. The van der Waals surface area contributed by atoms with Crippen LogP contribution in [-0.2, 0) is 16.0 Å². The van der Waals surface area contributed by atoms with Crippen LogP contribution in [0.4, 0.5) is 0 Å². The van der Waals surface area contributed by atoms with E-state index >= 15 is 0 Å². The van der Waals surface area contributed by atoms with Crippen molar-refractivity contribution in [3.05, 3.63) is 24.3 Å². The van der Waals surface area contributed by atoms with Gasteiger partial charge in [-0.05, 0) is 5.56 Å². The molecule has 1 aromatic heterocycles. The van der Waals surface area contributed by atoms with Crippen LogP contribution in [0.3, 0.4) is 0 Å². The van der Waals surface area contributed by atoms with Gasteiger partial charge < -0.3 is 4.74 Å². The first-order valence-corrected chi connectivity index (χ1v) is 4.13. The average molecular weight is 201 g/mol. The number of esters is 1. The maximum atomic E-state index is 10.9. The summed E-state index contributed by atoms with van der Waals surface area (Å²) >= 11 is 5.74. The third kappa shape index (κ3) is 2.99. The van der Waals surface area contributed by atoms with E-state index < -0.39 is 11.3 Å². The summed E-state index contributed by atoms with van der Waals surface area (Å²) in [5.41, 5.74) is 0.813. The minimum absolute atomic E-state index is 0.384. The molecular formula is C8H9ClN2O2. The Labute approximate surface area is 80.9 Å². The smallest absolute Gasteiger partial charge is 0.324 e. The Balaban J connectivity index is 2.55. The normalized spacial score (nSPS) is 12.2. The zero-order valence-corrected chi connectivity index (χ0v) is 7.86.